The number of phenolic OH excluding ortho intramolecular Hbond substituents is 1. The van der Waals surface area contributed by atoms with Crippen LogP contribution >= 0.6 is 0 Å². The highest BCUT2D eigenvalue weighted by Crippen LogP contribution is 2.29. The molecule has 0 aliphatic carbocycles. The number of sulfone groups is 1. The van der Waals surface area contributed by atoms with Crippen molar-refractivity contribution in [1.29, 1.82) is 0 Å². The molecule has 0 aliphatic rings. The van der Waals surface area contributed by atoms with Gasteiger partial charge in [0.25, 0.3) is 0 Å². The van der Waals surface area contributed by atoms with Crippen LogP contribution in [0.3, 0.4) is 0 Å². The van der Waals surface area contributed by atoms with Crippen molar-refractivity contribution in [2.75, 3.05) is 6.26 Å². The Hall–Kier alpha value is -1.03. The van der Waals surface area contributed by atoms with Crippen LogP contribution in [0.15, 0.2) is 23.1 Å². The molecule has 0 fully saturated rings. The Kier molecular flexibility index (Phi) is 2.83. The Bertz CT molecular complexity index is 467. The lowest BCUT2D eigenvalue weighted by Gasteiger charge is -2.19. The monoisotopic (exact) mass is 228 g/mol. The number of phenols is 1. The Morgan fingerprint density at radius 3 is 2.07 bits per heavy atom. The summed E-state index contributed by atoms with van der Waals surface area (Å²) >= 11 is 0. The molecule has 1 rings (SSSR count). The molecule has 15 heavy (non-hydrogen) atoms. The fourth-order valence-electron chi connectivity index (χ4n) is 1.30. The van der Waals surface area contributed by atoms with Gasteiger partial charge in [-0.2, -0.15) is 0 Å². The molecule has 3 nitrogen and oxygen atoms in total. The second kappa shape index (κ2) is 3.52. The molecule has 0 spiro atoms. The summed E-state index contributed by atoms with van der Waals surface area (Å²) in [6.45, 7) is 6.01. The summed E-state index contributed by atoms with van der Waals surface area (Å²) in [6, 6.07) is 4.69. The van der Waals surface area contributed by atoms with Crippen molar-refractivity contribution in [3.63, 3.8) is 0 Å². The molecule has 0 bridgehead atoms. The Morgan fingerprint density at radius 2 is 1.73 bits per heavy atom. The maximum absolute atomic E-state index is 11.3. The van der Waals surface area contributed by atoms with Gasteiger partial charge in [0, 0.05) is 6.26 Å². The molecule has 0 amide bonds. The average Bonchev–Trinajstić information content (AvgIpc) is 1.99. The zero-order valence-electron chi connectivity index (χ0n) is 9.40. The maximum atomic E-state index is 11.3. The Morgan fingerprint density at radius 1 is 1.20 bits per heavy atom. The van der Waals surface area contributed by atoms with E-state index in [1.165, 1.54) is 12.1 Å². The first kappa shape index (κ1) is 12.0. The van der Waals surface area contributed by atoms with E-state index in [9.17, 15) is 13.5 Å². The van der Waals surface area contributed by atoms with Crippen molar-refractivity contribution in [1.82, 2.24) is 0 Å². The molecule has 0 aliphatic heterocycles. The van der Waals surface area contributed by atoms with E-state index in [-0.39, 0.29) is 16.1 Å². The fraction of sp³-hybridized carbons (Fsp3) is 0.455. The van der Waals surface area contributed by atoms with E-state index in [1.807, 2.05) is 20.8 Å². The zero-order chi connectivity index (χ0) is 11.9. The van der Waals surface area contributed by atoms with Gasteiger partial charge < -0.3 is 5.11 Å². The summed E-state index contributed by atoms with van der Waals surface area (Å²) in [6.07, 6.45) is 1.08. The molecule has 0 radical (unpaired) electrons. The molecular weight excluding hydrogens is 212 g/mol. The Balaban J connectivity index is 3.34. The Labute approximate surface area is 90.7 Å². The third-order valence-electron chi connectivity index (χ3n) is 2.22. The summed E-state index contributed by atoms with van der Waals surface area (Å²) in [5.74, 6) is -0.176. The first-order chi connectivity index (χ1) is 6.62. The van der Waals surface area contributed by atoms with Gasteiger partial charge in [-0.15, -0.1) is 0 Å². The predicted molar refractivity (Wildman–Crippen MR) is 59.9 cm³/mol. The lowest BCUT2D eigenvalue weighted by Crippen LogP contribution is -2.11. The summed E-state index contributed by atoms with van der Waals surface area (Å²) in [5, 5.41) is 9.61. The number of hydrogen-bond donors (Lipinski definition) is 1. The predicted octanol–water partition coefficient (Wildman–Crippen LogP) is 2.09. The molecule has 0 saturated carbocycles. The lowest BCUT2D eigenvalue weighted by molar-refractivity contribution is 0.455. The molecule has 0 atom stereocenters. The zero-order valence-corrected chi connectivity index (χ0v) is 10.2. The molecule has 4 heteroatoms. The van der Waals surface area contributed by atoms with Crippen LogP contribution in [0.5, 0.6) is 5.75 Å². The minimum absolute atomic E-state index is 0.0181. The van der Waals surface area contributed by atoms with Gasteiger partial charge >= 0.3 is 0 Å². The summed E-state index contributed by atoms with van der Waals surface area (Å²) in [5.41, 5.74) is 0.806. The largest absolute Gasteiger partial charge is 0.507 e. The smallest absolute Gasteiger partial charge is 0.179 e. The second-order valence-corrected chi connectivity index (χ2v) is 6.69. The molecule has 1 N–H and O–H groups in total. The van der Waals surface area contributed by atoms with E-state index < -0.39 is 9.84 Å². The van der Waals surface area contributed by atoms with Crippen molar-refractivity contribution in [2.45, 2.75) is 31.1 Å². The molecule has 0 unspecified atom stereocenters. The van der Waals surface area contributed by atoms with Gasteiger partial charge in [0.15, 0.2) is 9.84 Å². The third kappa shape index (κ3) is 2.72. The molecule has 1 aromatic carbocycles. The van der Waals surface area contributed by atoms with Crippen molar-refractivity contribution in [2.24, 2.45) is 0 Å². The highest BCUT2D eigenvalue weighted by Gasteiger charge is 2.18. The van der Waals surface area contributed by atoms with Crippen LogP contribution in [0.4, 0.5) is 0 Å². The van der Waals surface area contributed by atoms with Crippen LogP contribution in [0.1, 0.15) is 26.3 Å². The van der Waals surface area contributed by atoms with Gasteiger partial charge in [-0.3, -0.25) is 0 Å². The fourth-order valence-corrected chi connectivity index (χ4v) is 2.05. The van der Waals surface area contributed by atoms with Crippen LogP contribution in [0, 0.1) is 0 Å². The molecule has 84 valence electrons. The van der Waals surface area contributed by atoms with Gasteiger partial charge in [0.1, 0.15) is 10.6 Å². The van der Waals surface area contributed by atoms with Gasteiger partial charge in [-0.25, -0.2) is 8.42 Å². The molecular formula is C11H16O3S. The molecule has 0 aromatic heterocycles. The van der Waals surface area contributed by atoms with Crippen molar-refractivity contribution >= 4 is 9.84 Å². The number of benzene rings is 1. The van der Waals surface area contributed by atoms with E-state index in [0.29, 0.717) is 0 Å². The molecule has 0 saturated heterocycles. The lowest BCUT2D eigenvalue weighted by atomic mass is 9.87. The summed E-state index contributed by atoms with van der Waals surface area (Å²) in [4.78, 5) is -0.0181. The average molecular weight is 228 g/mol. The topological polar surface area (TPSA) is 54.4 Å². The van der Waals surface area contributed by atoms with Crippen molar-refractivity contribution < 1.29 is 13.5 Å². The van der Waals surface area contributed by atoms with Crippen LogP contribution in [-0.4, -0.2) is 19.8 Å². The third-order valence-corrected chi connectivity index (χ3v) is 3.37. The van der Waals surface area contributed by atoms with E-state index in [2.05, 4.69) is 0 Å². The van der Waals surface area contributed by atoms with E-state index in [1.54, 1.807) is 6.07 Å². The van der Waals surface area contributed by atoms with Crippen molar-refractivity contribution in [3.8, 4) is 5.75 Å². The second-order valence-electron chi connectivity index (χ2n) is 4.70. The van der Waals surface area contributed by atoms with Gasteiger partial charge in [-0.05, 0) is 23.1 Å². The standard InChI is InChI=1S/C11H16O3S/c1-11(2,3)8-5-6-10(9(12)7-8)15(4,13)14/h5-7,12H,1-4H3. The van der Waals surface area contributed by atoms with Crippen LogP contribution in [0.25, 0.3) is 0 Å². The van der Waals surface area contributed by atoms with Crippen molar-refractivity contribution in [3.05, 3.63) is 23.8 Å². The van der Waals surface area contributed by atoms with Crippen LogP contribution in [-0.2, 0) is 15.3 Å². The minimum Gasteiger partial charge on any atom is -0.507 e. The quantitative estimate of drug-likeness (QED) is 0.800. The van der Waals surface area contributed by atoms with E-state index in [0.717, 1.165) is 11.8 Å². The van der Waals surface area contributed by atoms with E-state index in [4.69, 9.17) is 0 Å². The highest BCUT2D eigenvalue weighted by atomic mass is 32.2. The molecule has 1 aromatic rings. The van der Waals surface area contributed by atoms with Gasteiger partial charge in [-0.1, -0.05) is 26.8 Å². The van der Waals surface area contributed by atoms with Gasteiger partial charge in [0.05, 0.1) is 0 Å². The van der Waals surface area contributed by atoms with Gasteiger partial charge in [0.2, 0.25) is 0 Å². The minimum atomic E-state index is -3.35. The maximum Gasteiger partial charge on any atom is 0.179 e. The number of aromatic hydroxyl groups is 1. The highest BCUT2D eigenvalue weighted by molar-refractivity contribution is 7.90. The SMILES string of the molecule is CC(C)(C)c1ccc(S(C)(=O)=O)c(O)c1. The first-order valence-electron chi connectivity index (χ1n) is 4.66. The van der Waals surface area contributed by atoms with Crippen LogP contribution < -0.4 is 0 Å². The molecule has 0 heterocycles. The van der Waals surface area contributed by atoms with Crippen LogP contribution in [0.2, 0.25) is 0 Å². The summed E-state index contributed by atoms with van der Waals surface area (Å²) < 4.78 is 22.5. The number of rotatable bonds is 1. The van der Waals surface area contributed by atoms with E-state index >= 15 is 0 Å². The first-order valence-corrected chi connectivity index (χ1v) is 6.55. The summed E-state index contributed by atoms with van der Waals surface area (Å²) in [7, 11) is -3.35. The normalized spacial score (nSPS) is 12.8. The number of hydrogen-bond acceptors (Lipinski definition) is 3.